The van der Waals surface area contributed by atoms with Crippen molar-refractivity contribution in [2.45, 2.75) is 31.9 Å². The van der Waals surface area contributed by atoms with E-state index in [1.165, 1.54) is 0 Å². The molecule has 0 aromatic rings. The van der Waals surface area contributed by atoms with Gasteiger partial charge in [-0.1, -0.05) is 13.3 Å². The molecular formula is C6H15NO2. The molecule has 56 valence electrons. The Hall–Kier alpha value is -0.120. The zero-order valence-corrected chi connectivity index (χ0v) is 5.75. The number of aliphatic hydroxyl groups is 2. The van der Waals surface area contributed by atoms with Crippen molar-refractivity contribution >= 4 is 0 Å². The molecule has 0 aliphatic heterocycles. The molecule has 0 bridgehead atoms. The van der Waals surface area contributed by atoms with Gasteiger partial charge in [0, 0.05) is 0 Å². The quantitative estimate of drug-likeness (QED) is 0.483. The molecule has 3 heteroatoms. The lowest BCUT2D eigenvalue weighted by Crippen LogP contribution is -2.37. The standard InChI is InChI=1S/C6H15NO2/c1-2-3-6(9)5(7)4-8/h5-6,8-9H,2-4,7H2,1H3/t5-,6+/m1/s1. The predicted molar refractivity (Wildman–Crippen MR) is 36.0 cm³/mol. The normalized spacial score (nSPS) is 17.3. The number of nitrogens with two attached hydrogens (primary N) is 1. The molecule has 0 radical (unpaired) electrons. The molecule has 0 fully saturated rings. The zero-order valence-electron chi connectivity index (χ0n) is 5.75. The minimum absolute atomic E-state index is 0.138. The third-order valence-corrected chi connectivity index (χ3v) is 1.29. The molecule has 0 spiro atoms. The Kier molecular flexibility index (Phi) is 4.67. The maximum Gasteiger partial charge on any atom is 0.0713 e. The first-order valence-corrected chi connectivity index (χ1v) is 3.26. The van der Waals surface area contributed by atoms with Gasteiger partial charge in [0.2, 0.25) is 0 Å². The fourth-order valence-electron chi connectivity index (χ4n) is 0.632. The summed E-state index contributed by atoms with van der Waals surface area (Å²) in [6, 6.07) is -0.468. The Bertz CT molecular complexity index is 68.1. The summed E-state index contributed by atoms with van der Waals surface area (Å²) < 4.78 is 0. The van der Waals surface area contributed by atoms with Crippen LogP contribution in [0.5, 0.6) is 0 Å². The van der Waals surface area contributed by atoms with Crippen molar-refractivity contribution in [1.29, 1.82) is 0 Å². The van der Waals surface area contributed by atoms with Crippen molar-refractivity contribution in [2.75, 3.05) is 6.61 Å². The highest BCUT2D eigenvalue weighted by Crippen LogP contribution is 1.98. The van der Waals surface area contributed by atoms with Crippen molar-refractivity contribution in [3.05, 3.63) is 0 Å². The van der Waals surface area contributed by atoms with Crippen molar-refractivity contribution in [1.82, 2.24) is 0 Å². The molecule has 0 aliphatic carbocycles. The third kappa shape index (κ3) is 3.46. The average Bonchev–Trinajstić information content (AvgIpc) is 1.87. The fourth-order valence-corrected chi connectivity index (χ4v) is 0.632. The van der Waals surface area contributed by atoms with Crippen LogP contribution in [0.15, 0.2) is 0 Å². The third-order valence-electron chi connectivity index (χ3n) is 1.29. The van der Waals surface area contributed by atoms with Crippen molar-refractivity contribution < 1.29 is 10.2 Å². The first-order valence-electron chi connectivity index (χ1n) is 3.26. The van der Waals surface area contributed by atoms with Crippen LogP contribution in [0.4, 0.5) is 0 Å². The number of aliphatic hydroxyl groups excluding tert-OH is 2. The van der Waals surface area contributed by atoms with Gasteiger partial charge in [-0.25, -0.2) is 0 Å². The van der Waals surface area contributed by atoms with E-state index in [1.807, 2.05) is 6.92 Å². The molecular weight excluding hydrogens is 118 g/mol. The maximum absolute atomic E-state index is 9.03. The van der Waals surface area contributed by atoms with Gasteiger partial charge in [0.05, 0.1) is 18.8 Å². The molecule has 0 aromatic carbocycles. The average molecular weight is 133 g/mol. The molecule has 0 saturated carbocycles. The SMILES string of the molecule is CCC[C@H](O)[C@H](N)CO. The van der Waals surface area contributed by atoms with Gasteiger partial charge in [-0.3, -0.25) is 0 Å². The Morgan fingerprint density at radius 1 is 1.56 bits per heavy atom. The van der Waals surface area contributed by atoms with Gasteiger partial charge >= 0.3 is 0 Å². The molecule has 0 aliphatic rings. The minimum atomic E-state index is -0.542. The molecule has 0 saturated heterocycles. The summed E-state index contributed by atoms with van der Waals surface area (Å²) in [5.41, 5.74) is 5.30. The number of rotatable bonds is 4. The number of hydrogen-bond acceptors (Lipinski definition) is 3. The summed E-state index contributed by atoms with van der Waals surface area (Å²) in [7, 11) is 0. The molecule has 0 unspecified atom stereocenters. The molecule has 2 atom stereocenters. The van der Waals surface area contributed by atoms with Crippen LogP contribution in [0.25, 0.3) is 0 Å². The molecule has 0 amide bonds. The summed E-state index contributed by atoms with van der Waals surface area (Å²) >= 11 is 0. The van der Waals surface area contributed by atoms with Crippen molar-refractivity contribution in [3.63, 3.8) is 0 Å². The van der Waals surface area contributed by atoms with Gasteiger partial charge in [0.15, 0.2) is 0 Å². The van der Waals surface area contributed by atoms with Crippen LogP contribution >= 0.6 is 0 Å². The number of hydrogen-bond donors (Lipinski definition) is 3. The van der Waals surface area contributed by atoms with Crippen molar-refractivity contribution in [2.24, 2.45) is 5.73 Å². The zero-order chi connectivity index (χ0) is 7.28. The Morgan fingerprint density at radius 2 is 2.11 bits per heavy atom. The molecule has 0 aromatic heterocycles. The molecule has 3 nitrogen and oxygen atoms in total. The Morgan fingerprint density at radius 3 is 2.44 bits per heavy atom. The first-order chi connectivity index (χ1) is 4.22. The van der Waals surface area contributed by atoms with E-state index in [1.54, 1.807) is 0 Å². The summed E-state index contributed by atoms with van der Waals surface area (Å²) in [5, 5.41) is 17.5. The highest BCUT2D eigenvalue weighted by molar-refractivity contribution is 4.69. The lowest BCUT2D eigenvalue weighted by molar-refractivity contribution is 0.101. The molecule has 0 rings (SSSR count). The van der Waals surface area contributed by atoms with Crippen LogP contribution in [0.3, 0.4) is 0 Å². The lowest BCUT2D eigenvalue weighted by atomic mass is 10.1. The molecule has 9 heavy (non-hydrogen) atoms. The largest absolute Gasteiger partial charge is 0.395 e. The summed E-state index contributed by atoms with van der Waals surface area (Å²) in [5.74, 6) is 0. The van der Waals surface area contributed by atoms with Gasteiger partial charge in [-0.15, -0.1) is 0 Å². The van der Waals surface area contributed by atoms with Crippen LogP contribution in [0.1, 0.15) is 19.8 Å². The maximum atomic E-state index is 9.03. The summed E-state index contributed by atoms with van der Waals surface area (Å²) in [6.45, 7) is 1.83. The van der Waals surface area contributed by atoms with E-state index in [9.17, 15) is 0 Å². The second-order valence-electron chi connectivity index (χ2n) is 2.20. The van der Waals surface area contributed by atoms with Crippen LogP contribution in [0.2, 0.25) is 0 Å². The first kappa shape index (κ1) is 8.88. The predicted octanol–water partition coefficient (Wildman–Crippen LogP) is -0.533. The smallest absolute Gasteiger partial charge is 0.0713 e. The van der Waals surface area contributed by atoms with E-state index in [-0.39, 0.29) is 6.61 Å². The minimum Gasteiger partial charge on any atom is -0.395 e. The van der Waals surface area contributed by atoms with Crippen LogP contribution in [-0.4, -0.2) is 29.0 Å². The Labute approximate surface area is 55.5 Å². The van der Waals surface area contributed by atoms with Gasteiger partial charge < -0.3 is 15.9 Å². The van der Waals surface area contributed by atoms with Crippen molar-refractivity contribution in [3.8, 4) is 0 Å². The van der Waals surface area contributed by atoms with Crippen LogP contribution < -0.4 is 5.73 Å². The van der Waals surface area contributed by atoms with E-state index in [4.69, 9.17) is 15.9 Å². The molecule has 0 heterocycles. The highest BCUT2D eigenvalue weighted by atomic mass is 16.3. The fraction of sp³-hybridized carbons (Fsp3) is 1.00. The molecule has 4 N–H and O–H groups in total. The summed E-state index contributed by atoms with van der Waals surface area (Å²) in [4.78, 5) is 0. The van der Waals surface area contributed by atoms with E-state index in [2.05, 4.69) is 0 Å². The van der Waals surface area contributed by atoms with Gasteiger partial charge in [-0.05, 0) is 6.42 Å². The highest BCUT2D eigenvalue weighted by Gasteiger charge is 2.10. The Balaban J connectivity index is 3.32. The van der Waals surface area contributed by atoms with Crippen LogP contribution in [0, 0.1) is 0 Å². The second-order valence-corrected chi connectivity index (χ2v) is 2.20. The van der Waals surface area contributed by atoms with E-state index in [0.29, 0.717) is 6.42 Å². The lowest BCUT2D eigenvalue weighted by Gasteiger charge is -2.14. The van der Waals surface area contributed by atoms with E-state index < -0.39 is 12.1 Å². The van der Waals surface area contributed by atoms with Gasteiger partial charge in [-0.2, -0.15) is 0 Å². The van der Waals surface area contributed by atoms with Gasteiger partial charge in [0.1, 0.15) is 0 Å². The van der Waals surface area contributed by atoms with E-state index >= 15 is 0 Å². The van der Waals surface area contributed by atoms with E-state index in [0.717, 1.165) is 6.42 Å². The summed E-state index contributed by atoms with van der Waals surface area (Å²) in [6.07, 6.45) is 1.02. The topological polar surface area (TPSA) is 66.5 Å². The van der Waals surface area contributed by atoms with Crippen LogP contribution in [-0.2, 0) is 0 Å². The second kappa shape index (κ2) is 4.73. The monoisotopic (exact) mass is 133 g/mol. The van der Waals surface area contributed by atoms with Gasteiger partial charge in [0.25, 0.3) is 0 Å².